The van der Waals surface area contributed by atoms with Crippen molar-refractivity contribution < 1.29 is 9.18 Å². The van der Waals surface area contributed by atoms with Gasteiger partial charge >= 0.3 is 0 Å². The number of carbonyl (C=O) groups excluding carboxylic acids is 1. The van der Waals surface area contributed by atoms with E-state index in [9.17, 15) is 9.18 Å². The van der Waals surface area contributed by atoms with Gasteiger partial charge in [-0.05, 0) is 42.3 Å². The molecule has 1 aromatic heterocycles. The van der Waals surface area contributed by atoms with E-state index in [0.717, 1.165) is 34.9 Å². The summed E-state index contributed by atoms with van der Waals surface area (Å²) in [6.07, 6.45) is 2.23. The number of halogens is 2. The molecule has 1 saturated heterocycles. The molecule has 0 bridgehead atoms. The molecule has 1 aromatic carbocycles. The lowest BCUT2D eigenvalue weighted by molar-refractivity contribution is 0.0691. The van der Waals surface area contributed by atoms with Crippen LogP contribution in [0.3, 0.4) is 0 Å². The summed E-state index contributed by atoms with van der Waals surface area (Å²) in [5.74, 6) is 0.368. The van der Waals surface area contributed by atoms with Crippen molar-refractivity contribution in [2.24, 2.45) is 5.92 Å². The van der Waals surface area contributed by atoms with Gasteiger partial charge in [0.2, 0.25) is 0 Å². The molecular formula is C15H15BrFNOS. The smallest absolute Gasteiger partial charge is 0.263 e. The molecule has 0 radical (unpaired) electrons. The Morgan fingerprint density at radius 2 is 2.30 bits per heavy atom. The summed E-state index contributed by atoms with van der Waals surface area (Å²) in [6.45, 7) is 1.64. The molecule has 0 spiro atoms. The normalized spacial score (nSPS) is 19.5. The highest BCUT2D eigenvalue weighted by Gasteiger charge is 2.24. The molecule has 2 nitrogen and oxygen atoms in total. The van der Waals surface area contributed by atoms with Crippen LogP contribution >= 0.6 is 27.3 Å². The second-order valence-electron chi connectivity index (χ2n) is 5.21. The second kappa shape index (κ2) is 5.82. The summed E-state index contributed by atoms with van der Waals surface area (Å²) in [4.78, 5) is 15.2. The Labute approximate surface area is 129 Å². The van der Waals surface area contributed by atoms with Gasteiger partial charge in [0.1, 0.15) is 5.82 Å². The Hall–Kier alpha value is -0.940. The third-order valence-corrected chi connectivity index (χ3v) is 5.72. The lowest BCUT2D eigenvalue weighted by Gasteiger charge is -2.31. The van der Waals surface area contributed by atoms with Crippen molar-refractivity contribution in [2.75, 3.05) is 18.4 Å². The van der Waals surface area contributed by atoms with E-state index < -0.39 is 0 Å². The molecule has 3 rings (SSSR count). The third-order valence-electron chi connectivity index (χ3n) is 3.72. The number of nitrogens with zero attached hydrogens (tertiary/aromatic N) is 1. The van der Waals surface area contributed by atoms with Crippen LogP contribution in [0.1, 0.15) is 22.5 Å². The first-order chi connectivity index (χ1) is 9.67. The minimum atomic E-state index is -0.254. The van der Waals surface area contributed by atoms with Gasteiger partial charge in [-0.3, -0.25) is 4.79 Å². The first-order valence-corrected chi connectivity index (χ1v) is 8.65. The van der Waals surface area contributed by atoms with Gasteiger partial charge in [0.25, 0.3) is 5.91 Å². The molecule has 1 aliphatic heterocycles. The maximum Gasteiger partial charge on any atom is 0.263 e. The number of likely N-dealkylation sites (tertiary alicyclic amines) is 1. The summed E-state index contributed by atoms with van der Waals surface area (Å²) in [5.41, 5.74) is 0. The first-order valence-electron chi connectivity index (χ1n) is 6.71. The molecule has 106 valence electrons. The van der Waals surface area contributed by atoms with Gasteiger partial charge < -0.3 is 4.90 Å². The zero-order valence-electron chi connectivity index (χ0n) is 10.9. The van der Waals surface area contributed by atoms with Crippen molar-refractivity contribution in [2.45, 2.75) is 12.8 Å². The van der Waals surface area contributed by atoms with Crippen molar-refractivity contribution in [3.8, 4) is 0 Å². The van der Waals surface area contributed by atoms with Crippen LogP contribution in [0.2, 0.25) is 0 Å². The summed E-state index contributed by atoms with van der Waals surface area (Å²) in [7, 11) is 0. The quantitative estimate of drug-likeness (QED) is 0.736. The van der Waals surface area contributed by atoms with Gasteiger partial charge in [-0.1, -0.05) is 22.0 Å². The number of benzene rings is 1. The van der Waals surface area contributed by atoms with Crippen LogP contribution in [0.5, 0.6) is 0 Å². The monoisotopic (exact) mass is 355 g/mol. The zero-order chi connectivity index (χ0) is 14.1. The van der Waals surface area contributed by atoms with Crippen LogP contribution in [0.4, 0.5) is 4.39 Å². The standard InChI is InChI=1S/C15H15BrFNOS/c16-8-10-2-1-5-18(9-10)15(19)14-6-11-3-4-12(17)7-13(11)20-14/h3-4,6-7,10H,1-2,5,8-9H2. The molecule has 1 atom stereocenters. The van der Waals surface area contributed by atoms with E-state index in [1.807, 2.05) is 11.0 Å². The van der Waals surface area contributed by atoms with Gasteiger partial charge in [0.15, 0.2) is 0 Å². The predicted octanol–water partition coefficient (Wildman–Crippen LogP) is 4.29. The van der Waals surface area contributed by atoms with E-state index in [2.05, 4.69) is 15.9 Å². The molecule has 2 aromatic rings. The number of alkyl halides is 1. The van der Waals surface area contributed by atoms with Crippen LogP contribution < -0.4 is 0 Å². The van der Waals surface area contributed by atoms with Crippen LogP contribution in [0.15, 0.2) is 24.3 Å². The minimum absolute atomic E-state index is 0.0808. The molecule has 0 aliphatic carbocycles. The maximum absolute atomic E-state index is 13.2. The Bertz CT molecular complexity index is 642. The van der Waals surface area contributed by atoms with Crippen LogP contribution in [0, 0.1) is 11.7 Å². The molecule has 1 aliphatic rings. The highest BCUT2D eigenvalue weighted by molar-refractivity contribution is 9.09. The van der Waals surface area contributed by atoms with Gasteiger partial charge in [-0.2, -0.15) is 0 Å². The lowest BCUT2D eigenvalue weighted by atomic mass is 10.00. The highest BCUT2D eigenvalue weighted by Crippen LogP contribution is 2.28. The van der Waals surface area contributed by atoms with E-state index in [0.29, 0.717) is 10.8 Å². The topological polar surface area (TPSA) is 20.3 Å². The average Bonchev–Trinajstić information content (AvgIpc) is 2.89. The molecule has 1 amide bonds. The second-order valence-corrected chi connectivity index (χ2v) is 6.94. The van der Waals surface area contributed by atoms with Gasteiger partial charge in [0, 0.05) is 23.1 Å². The van der Waals surface area contributed by atoms with E-state index in [1.54, 1.807) is 6.07 Å². The van der Waals surface area contributed by atoms with Gasteiger partial charge in [-0.15, -0.1) is 11.3 Å². The van der Waals surface area contributed by atoms with Crippen molar-refractivity contribution in [1.29, 1.82) is 0 Å². The fourth-order valence-electron chi connectivity index (χ4n) is 2.64. The van der Waals surface area contributed by atoms with E-state index in [4.69, 9.17) is 0 Å². The fourth-order valence-corrected chi connectivity index (χ4v) is 4.23. The number of thiophene rings is 1. The molecule has 20 heavy (non-hydrogen) atoms. The van der Waals surface area contributed by atoms with E-state index >= 15 is 0 Å². The van der Waals surface area contributed by atoms with Crippen LogP contribution in [-0.2, 0) is 0 Å². The van der Waals surface area contributed by atoms with E-state index in [-0.39, 0.29) is 11.7 Å². The van der Waals surface area contributed by atoms with Crippen LogP contribution in [0.25, 0.3) is 10.1 Å². The number of piperidine rings is 1. The van der Waals surface area contributed by atoms with E-state index in [1.165, 1.54) is 29.9 Å². The molecule has 1 unspecified atom stereocenters. The van der Waals surface area contributed by atoms with Crippen LogP contribution in [-0.4, -0.2) is 29.2 Å². The Kier molecular flexibility index (Phi) is 4.08. The summed E-state index contributed by atoms with van der Waals surface area (Å²) in [5, 5.41) is 1.88. The Morgan fingerprint density at radius 1 is 1.45 bits per heavy atom. The SMILES string of the molecule is O=C(c1cc2ccc(F)cc2s1)N1CCCC(CBr)C1. The Morgan fingerprint density at radius 3 is 3.10 bits per heavy atom. The maximum atomic E-state index is 13.2. The summed E-state index contributed by atoms with van der Waals surface area (Å²) >= 11 is 4.88. The van der Waals surface area contributed by atoms with Crippen molar-refractivity contribution >= 4 is 43.3 Å². The largest absolute Gasteiger partial charge is 0.338 e. The minimum Gasteiger partial charge on any atom is -0.338 e. The summed E-state index contributed by atoms with van der Waals surface area (Å²) < 4.78 is 14.0. The molecule has 2 heterocycles. The van der Waals surface area contributed by atoms with Crippen molar-refractivity contribution in [3.05, 3.63) is 35.0 Å². The first kappa shape index (κ1) is 14.0. The van der Waals surface area contributed by atoms with Gasteiger partial charge in [0.05, 0.1) is 4.88 Å². The zero-order valence-corrected chi connectivity index (χ0v) is 13.3. The molecule has 1 fully saturated rings. The average molecular weight is 356 g/mol. The Balaban J connectivity index is 1.84. The molecular weight excluding hydrogens is 341 g/mol. The molecule has 0 N–H and O–H groups in total. The predicted molar refractivity (Wildman–Crippen MR) is 84.2 cm³/mol. The number of amides is 1. The molecule has 0 saturated carbocycles. The number of carbonyl (C=O) groups is 1. The highest BCUT2D eigenvalue weighted by atomic mass is 79.9. The lowest BCUT2D eigenvalue weighted by Crippen LogP contribution is -2.40. The fraction of sp³-hybridized carbons (Fsp3) is 0.400. The number of hydrogen-bond donors (Lipinski definition) is 0. The third kappa shape index (κ3) is 2.74. The summed E-state index contributed by atoms with van der Waals surface area (Å²) in [6, 6.07) is 6.54. The number of rotatable bonds is 2. The van der Waals surface area contributed by atoms with Crippen molar-refractivity contribution in [3.63, 3.8) is 0 Å². The molecule has 5 heteroatoms. The number of hydrogen-bond acceptors (Lipinski definition) is 2. The number of fused-ring (bicyclic) bond motifs is 1. The van der Waals surface area contributed by atoms with Crippen molar-refractivity contribution in [1.82, 2.24) is 4.90 Å². The van der Waals surface area contributed by atoms with Gasteiger partial charge in [-0.25, -0.2) is 4.39 Å².